The molecule has 0 saturated heterocycles. The zero-order valence-corrected chi connectivity index (χ0v) is 13.2. The number of nitrogens with one attached hydrogen (secondary N) is 1. The number of ether oxygens (including phenoxy) is 3. The number of hydrogen-bond donors (Lipinski definition) is 1. The lowest BCUT2D eigenvalue weighted by atomic mass is 10.2. The van der Waals surface area contributed by atoms with Crippen LogP contribution in [0.4, 0.5) is 5.69 Å². The molecule has 8 heteroatoms. The molecule has 0 aromatic heterocycles. The van der Waals surface area contributed by atoms with Crippen LogP contribution in [0.5, 0.6) is 17.2 Å². The van der Waals surface area contributed by atoms with E-state index < -0.39 is 4.92 Å². The van der Waals surface area contributed by atoms with Crippen LogP contribution in [-0.2, 0) is 4.79 Å². The Kier molecular flexibility index (Phi) is 4.98. The molecule has 0 unspecified atom stereocenters. The maximum absolute atomic E-state index is 11.9. The first kappa shape index (κ1) is 16.6. The molecule has 1 atom stereocenters. The number of hydrogen-bond acceptors (Lipinski definition) is 6. The van der Waals surface area contributed by atoms with Crippen LogP contribution in [0.25, 0.3) is 0 Å². The Morgan fingerprint density at radius 2 is 2.04 bits per heavy atom. The fourth-order valence-corrected chi connectivity index (χ4v) is 2.28. The number of carbonyl (C=O) groups excluding carboxylic acids is 1. The van der Waals surface area contributed by atoms with E-state index in [2.05, 4.69) is 5.32 Å². The predicted molar refractivity (Wildman–Crippen MR) is 88.0 cm³/mol. The van der Waals surface area contributed by atoms with E-state index in [0.717, 1.165) is 0 Å². The van der Waals surface area contributed by atoms with Gasteiger partial charge in [-0.25, -0.2) is 0 Å². The van der Waals surface area contributed by atoms with Crippen LogP contribution in [0, 0.1) is 10.1 Å². The molecule has 2 aromatic carbocycles. The lowest BCUT2D eigenvalue weighted by molar-refractivity contribution is -0.384. The van der Waals surface area contributed by atoms with Gasteiger partial charge in [-0.1, -0.05) is 18.2 Å². The maximum Gasteiger partial charge on any atom is 0.273 e. The Bertz CT molecular complexity index is 779. The Morgan fingerprint density at radius 1 is 1.24 bits per heavy atom. The second-order valence-electron chi connectivity index (χ2n) is 5.34. The summed E-state index contributed by atoms with van der Waals surface area (Å²) in [5.41, 5.74) is -0.0932. The highest BCUT2D eigenvalue weighted by Gasteiger charge is 2.21. The molecule has 0 saturated carbocycles. The standard InChI is InChI=1S/C17H16N2O6/c20-17(11-23-13-5-3-4-12(8-13)19(21)22)18-9-14-10-24-15-6-1-2-7-16(15)25-14/h1-8,14H,9-11H2,(H,18,20)/t14-/m0/s1. The number of carbonyl (C=O) groups is 1. The van der Waals surface area contributed by atoms with Gasteiger partial charge in [0, 0.05) is 6.07 Å². The Labute approximate surface area is 143 Å². The molecule has 0 spiro atoms. The topological polar surface area (TPSA) is 99.9 Å². The van der Waals surface area contributed by atoms with Gasteiger partial charge in [0.15, 0.2) is 18.1 Å². The SMILES string of the molecule is O=C(COc1cccc([N+](=O)[O-])c1)NC[C@H]1COc2ccccc2O1. The van der Waals surface area contributed by atoms with E-state index in [1.54, 1.807) is 12.1 Å². The Hall–Kier alpha value is -3.29. The molecule has 3 rings (SSSR count). The summed E-state index contributed by atoms with van der Waals surface area (Å²) < 4.78 is 16.6. The van der Waals surface area contributed by atoms with Crippen molar-refractivity contribution in [2.24, 2.45) is 0 Å². The molecular weight excluding hydrogens is 328 g/mol. The predicted octanol–water partition coefficient (Wildman–Crippen LogP) is 1.93. The fourth-order valence-electron chi connectivity index (χ4n) is 2.28. The van der Waals surface area contributed by atoms with Crippen molar-refractivity contribution in [2.45, 2.75) is 6.10 Å². The molecule has 0 bridgehead atoms. The summed E-state index contributed by atoms with van der Waals surface area (Å²) in [6.07, 6.45) is -0.295. The Balaban J connectivity index is 1.44. The van der Waals surface area contributed by atoms with Crippen molar-refractivity contribution in [3.05, 3.63) is 58.6 Å². The lowest BCUT2D eigenvalue weighted by Crippen LogP contribution is -2.42. The smallest absolute Gasteiger partial charge is 0.273 e. The number of amides is 1. The summed E-state index contributed by atoms with van der Waals surface area (Å²) in [5, 5.41) is 13.4. The van der Waals surface area contributed by atoms with Gasteiger partial charge in [-0.3, -0.25) is 14.9 Å². The van der Waals surface area contributed by atoms with Crippen molar-refractivity contribution >= 4 is 11.6 Å². The molecule has 0 aliphatic carbocycles. The minimum atomic E-state index is -0.523. The van der Waals surface area contributed by atoms with Crippen LogP contribution in [-0.4, -0.2) is 36.7 Å². The van der Waals surface area contributed by atoms with Crippen molar-refractivity contribution in [1.82, 2.24) is 5.32 Å². The van der Waals surface area contributed by atoms with Crippen molar-refractivity contribution in [1.29, 1.82) is 0 Å². The molecule has 0 radical (unpaired) electrons. The first-order chi connectivity index (χ1) is 12.1. The molecule has 1 aliphatic rings. The molecule has 25 heavy (non-hydrogen) atoms. The van der Waals surface area contributed by atoms with E-state index in [0.29, 0.717) is 18.1 Å². The minimum Gasteiger partial charge on any atom is -0.486 e. The molecule has 8 nitrogen and oxygen atoms in total. The molecule has 1 N–H and O–H groups in total. The summed E-state index contributed by atoms with van der Waals surface area (Å²) in [4.78, 5) is 22.0. The zero-order chi connectivity index (χ0) is 17.6. The zero-order valence-electron chi connectivity index (χ0n) is 13.2. The number of rotatable bonds is 6. The van der Waals surface area contributed by atoms with E-state index in [4.69, 9.17) is 14.2 Å². The number of para-hydroxylation sites is 2. The third kappa shape index (κ3) is 4.37. The molecule has 130 valence electrons. The van der Waals surface area contributed by atoms with E-state index >= 15 is 0 Å². The summed E-state index contributed by atoms with van der Waals surface area (Å²) in [6.45, 7) is 0.361. The van der Waals surface area contributed by atoms with Gasteiger partial charge in [0.1, 0.15) is 18.5 Å². The van der Waals surface area contributed by atoms with Crippen molar-refractivity contribution in [3.8, 4) is 17.2 Å². The van der Waals surface area contributed by atoms with Crippen LogP contribution < -0.4 is 19.5 Å². The van der Waals surface area contributed by atoms with Crippen molar-refractivity contribution < 1.29 is 23.9 Å². The first-order valence-corrected chi connectivity index (χ1v) is 7.64. The molecular formula is C17H16N2O6. The second-order valence-corrected chi connectivity index (χ2v) is 5.34. The molecule has 0 fully saturated rings. The number of benzene rings is 2. The maximum atomic E-state index is 11.9. The highest BCUT2D eigenvalue weighted by atomic mass is 16.6. The number of fused-ring (bicyclic) bond motifs is 1. The third-order valence-electron chi connectivity index (χ3n) is 3.49. The average Bonchev–Trinajstić information content (AvgIpc) is 2.64. The lowest BCUT2D eigenvalue weighted by Gasteiger charge is -2.26. The first-order valence-electron chi connectivity index (χ1n) is 7.64. The monoisotopic (exact) mass is 344 g/mol. The highest BCUT2D eigenvalue weighted by molar-refractivity contribution is 5.77. The van der Waals surface area contributed by atoms with Gasteiger partial charge in [-0.05, 0) is 18.2 Å². The van der Waals surface area contributed by atoms with E-state index in [-0.39, 0.29) is 36.6 Å². The average molecular weight is 344 g/mol. The molecule has 1 amide bonds. The van der Waals surface area contributed by atoms with Gasteiger partial charge in [-0.2, -0.15) is 0 Å². The van der Waals surface area contributed by atoms with Crippen LogP contribution in [0.15, 0.2) is 48.5 Å². The summed E-state index contributed by atoms with van der Waals surface area (Å²) in [5.74, 6) is 1.23. The van der Waals surface area contributed by atoms with Gasteiger partial charge in [0.05, 0.1) is 17.5 Å². The number of nitro benzene ring substituents is 1. The molecule has 2 aromatic rings. The van der Waals surface area contributed by atoms with Crippen molar-refractivity contribution in [3.63, 3.8) is 0 Å². The molecule has 1 aliphatic heterocycles. The van der Waals surface area contributed by atoms with Crippen LogP contribution in [0.3, 0.4) is 0 Å². The number of nitro groups is 1. The summed E-state index contributed by atoms with van der Waals surface area (Å²) >= 11 is 0. The van der Waals surface area contributed by atoms with Gasteiger partial charge in [0.25, 0.3) is 11.6 Å². The molecule has 1 heterocycles. The van der Waals surface area contributed by atoms with Crippen LogP contribution in [0.2, 0.25) is 0 Å². The second kappa shape index (κ2) is 7.52. The number of nitrogens with zero attached hydrogens (tertiary/aromatic N) is 1. The summed E-state index contributed by atoms with van der Waals surface area (Å²) in [6, 6.07) is 13.0. The van der Waals surface area contributed by atoms with Crippen LogP contribution in [0.1, 0.15) is 0 Å². The third-order valence-corrected chi connectivity index (χ3v) is 3.49. The van der Waals surface area contributed by atoms with E-state index in [9.17, 15) is 14.9 Å². The normalized spacial score (nSPS) is 15.3. The fraction of sp³-hybridized carbons (Fsp3) is 0.235. The Morgan fingerprint density at radius 3 is 2.84 bits per heavy atom. The van der Waals surface area contributed by atoms with Gasteiger partial charge >= 0.3 is 0 Å². The highest BCUT2D eigenvalue weighted by Crippen LogP contribution is 2.30. The quantitative estimate of drug-likeness (QED) is 0.635. The van der Waals surface area contributed by atoms with Gasteiger partial charge in [-0.15, -0.1) is 0 Å². The van der Waals surface area contributed by atoms with E-state index in [1.807, 2.05) is 18.2 Å². The van der Waals surface area contributed by atoms with Gasteiger partial charge in [0.2, 0.25) is 0 Å². The van der Waals surface area contributed by atoms with Crippen molar-refractivity contribution in [2.75, 3.05) is 19.8 Å². The van der Waals surface area contributed by atoms with Crippen LogP contribution >= 0.6 is 0 Å². The largest absolute Gasteiger partial charge is 0.486 e. The number of non-ortho nitro benzene ring substituents is 1. The van der Waals surface area contributed by atoms with Gasteiger partial charge < -0.3 is 19.5 Å². The van der Waals surface area contributed by atoms with E-state index in [1.165, 1.54) is 18.2 Å². The minimum absolute atomic E-state index is 0.0932. The summed E-state index contributed by atoms with van der Waals surface area (Å²) in [7, 11) is 0.